The Labute approximate surface area is 166 Å². The first-order valence-corrected chi connectivity index (χ1v) is 10.1. The molecule has 2 aliphatic heterocycles. The Balaban J connectivity index is 1.50. The number of halogens is 1. The van der Waals surface area contributed by atoms with Gasteiger partial charge in [0.25, 0.3) is 0 Å². The number of rotatable bonds is 4. The van der Waals surface area contributed by atoms with Gasteiger partial charge < -0.3 is 14.4 Å². The van der Waals surface area contributed by atoms with E-state index in [-0.39, 0.29) is 0 Å². The van der Waals surface area contributed by atoms with Gasteiger partial charge in [0.05, 0.1) is 19.2 Å². The van der Waals surface area contributed by atoms with E-state index < -0.39 is 0 Å². The molecule has 5 heteroatoms. The molecular weight excluding hydrogens is 360 g/mol. The zero-order valence-electron chi connectivity index (χ0n) is 16.0. The lowest BCUT2D eigenvalue weighted by molar-refractivity contribution is 0.0716. The van der Waals surface area contributed by atoms with Crippen LogP contribution in [0.15, 0.2) is 42.5 Å². The fourth-order valence-electron chi connectivity index (χ4n) is 4.51. The van der Waals surface area contributed by atoms with E-state index in [2.05, 4.69) is 46.2 Å². The van der Waals surface area contributed by atoms with E-state index >= 15 is 0 Å². The van der Waals surface area contributed by atoms with Gasteiger partial charge in [0.1, 0.15) is 11.5 Å². The normalized spacial score (nSPS) is 23.0. The highest BCUT2D eigenvalue weighted by molar-refractivity contribution is 6.32. The predicted octanol–water partition coefficient (Wildman–Crippen LogP) is 4.77. The van der Waals surface area contributed by atoms with Gasteiger partial charge >= 0.3 is 0 Å². The largest absolute Gasteiger partial charge is 0.497 e. The Morgan fingerprint density at radius 1 is 0.963 bits per heavy atom. The molecule has 2 aliphatic rings. The molecule has 2 fully saturated rings. The van der Waals surface area contributed by atoms with Crippen molar-refractivity contribution < 1.29 is 9.47 Å². The summed E-state index contributed by atoms with van der Waals surface area (Å²) in [4.78, 5) is 5.17. The number of methoxy groups -OCH3 is 2. The van der Waals surface area contributed by atoms with Crippen molar-refractivity contribution in [2.75, 3.05) is 38.8 Å². The molecule has 0 spiro atoms. The Bertz CT molecular complexity index is 780. The Hall–Kier alpha value is -1.91. The molecule has 2 atom stereocenters. The van der Waals surface area contributed by atoms with Crippen LogP contribution in [0.4, 0.5) is 5.69 Å². The molecule has 1 unspecified atom stereocenters. The number of ether oxygens (including phenoxy) is 2. The summed E-state index contributed by atoms with van der Waals surface area (Å²) >= 11 is 6.19. The lowest BCUT2D eigenvalue weighted by atomic mass is 9.89. The number of nitrogens with zero attached hydrogens (tertiary/aromatic N) is 2. The number of fused-ring (bicyclic) bond motifs is 1. The third kappa shape index (κ3) is 3.74. The SMILES string of the molecule is COc1ccc([C@H]2CCCC3CN(c4ccc(Cl)c(OC)c4)CCN32)cc1. The highest BCUT2D eigenvalue weighted by Gasteiger charge is 2.35. The molecule has 0 aromatic heterocycles. The first-order valence-electron chi connectivity index (χ1n) is 9.68. The van der Waals surface area contributed by atoms with Gasteiger partial charge in [0, 0.05) is 43.5 Å². The molecule has 144 valence electrons. The van der Waals surface area contributed by atoms with Gasteiger partial charge in [-0.05, 0) is 49.1 Å². The fraction of sp³-hybridized carbons (Fsp3) is 0.455. The van der Waals surface area contributed by atoms with E-state index in [4.69, 9.17) is 21.1 Å². The maximum atomic E-state index is 6.19. The second-order valence-corrected chi connectivity index (χ2v) is 7.78. The average molecular weight is 387 g/mol. The minimum absolute atomic E-state index is 0.511. The van der Waals surface area contributed by atoms with Gasteiger partial charge in [-0.15, -0.1) is 0 Å². The number of piperidine rings is 1. The van der Waals surface area contributed by atoms with Crippen molar-refractivity contribution in [3.63, 3.8) is 0 Å². The molecule has 0 aliphatic carbocycles. The van der Waals surface area contributed by atoms with E-state index in [1.165, 1.54) is 30.5 Å². The molecule has 0 saturated carbocycles. The van der Waals surface area contributed by atoms with Crippen LogP contribution in [-0.2, 0) is 0 Å². The zero-order chi connectivity index (χ0) is 18.8. The average Bonchev–Trinajstić information content (AvgIpc) is 2.73. The number of hydrogen-bond acceptors (Lipinski definition) is 4. The molecular formula is C22H27ClN2O2. The van der Waals surface area contributed by atoms with Crippen LogP contribution in [-0.4, -0.2) is 44.8 Å². The molecule has 2 aromatic rings. The number of piperazine rings is 1. The molecule has 0 radical (unpaired) electrons. The topological polar surface area (TPSA) is 24.9 Å². The van der Waals surface area contributed by atoms with E-state index in [1.54, 1.807) is 14.2 Å². The molecule has 2 heterocycles. The van der Waals surface area contributed by atoms with Crippen LogP contribution in [0.3, 0.4) is 0 Å². The van der Waals surface area contributed by atoms with E-state index in [9.17, 15) is 0 Å². The summed E-state index contributed by atoms with van der Waals surface area (Å²) in [6.45, 7) is 3.15. The third-order valence-corrected chi connectivity index (χ3v) is 6.26. The van der Waals surface area contributed by atoms with Crippen molar-refractivity contribution in [3.05, 3.63) is 53.1 Å². The molecule has 0 bridgehead atoms. The molecule has 2 aromatic carbocycles. The van der Waals surface area contributed by atoms with Crippen LogP contribution >= 0.6 is 11.6 Å². The second kappa shape index (κ2) is 7.99. The van der Waals surface area contributed by atoms with Gasteiger partial charge in [-0.2, -0.15) is 0 Å². The highest BCUT2D eigenvalue weighted by Crippen LogP contribution is 2.38. The Kier molecular flexibility index (Phi) is 5.46. The van der Waals surface area contributed by atoms with Crippen molar-refractivity contribution >= 4 is 17.3 Å². The lowest BCUT2D eigenvalue weighted by Crippen LogP contribution is -2.55. The quantitative estimate of drug-likeness (QED) is 0.755. The molecule has 0 N–H and O–H groups in total. The monoisotopic (exact) mass is 386 g/mol. The van der Waals surface area contributed by atoms with Crippen molar-refractivity contribution in [2.24, 2.45) is 0 Å². The van der Waals surface area contributed by atoms with Crippen molar-refractivity contribution in [1.82, 2.24) is 4.90 Å². The standard InChI is InChI=1S/C22H27ClN2O2/c1-26-19-9-6-16(7-10-19)21-5-3-4-18-15-24(12-13-25(18)21)17-8-11-20(23)22(14-17)27-2/h6-11,14,18,21H,3-5,12-13,15H2,1-2H3/t18?,21-/m1/s1. The molecule has 2 saturated heterocycles. The first-order chi connectivity index (χ1) is 13.2. The van der Waals surface area contributed by atoms with Crippen LogP contribution in [0.2, 0.25) is 5.02 Å². The van der Waals surface area contributed by atoms with Gasteiger partial charge in [0.15, 0.2) is 0 Å². The highest BCUT2D eigenvalue weighted by atomic mass is 35.5. The van der Waals surface area contributed by atoms with Crippen LogP contribution in [0.1, 0.15) is 30.9 Å². The maximum absolute atomic E-state index is 6.19. The van der Waals surface area contributed by atoms with E-state index in [0.717, 1.165) is 31.1 Å². The summed E-state index contributed by atoms with van der Waals surface area (Å²) in [5.74, 6) is 1.67. The minimum Gasteiger partial charge on any atom is -0.497 e. The predicted molar refractivity (Wildman–Crippen MR) is 110 cm³/mol. The van der Waals surface area contributed by atoms with Crippen LogP contribution < -0.4 is 14.4 Å². The molecule has 4 rings (SSSR count). The summed E-state index contributed by atoms with van der Waals surface area (Å²) in [7, 11) is 3.39. The Morgan fingerprint density at radius 2 is 1.78 bits per heavy atom. The first kappa shape index (κ1) is 18.5. The molecule has 27 heavy (non-hydrogen) atoms. The zero-order valence-corrected chi connectivity index (χ0v) is 16.8. The summed E-state index contributed by atoms with van der Waals surface area (Å²) in [6.07, 6.45) is 3.76. The van der Waals surface area contributed by atoms with Gasteiger partial charge in [-0.1, -0.05) is 23.7 Å². The van der Waals surface area contributed by atoms with Crippen molar-refractivity contribution in [2.45, 2.75) is 31.3 Å². The number of benzene rings is 2. The van der Waals surface area contributed by atoms with Gasteiger partial charge in [0.2, 0.25) is 0 Å². The Morgan fingerprint density at radius 3 is 2.52 bits per heavy atom. The molecule has 0 amide bonds. The summed E-state index contributed by atoms with van der Waals surface area (Å²) in [5.41, 5.74) is 2.60. The van der Waals surface area contributed by atoms with Gasteiger partial charge in [-0.25, -0.2) is 0 Å². The second-order valence-electron chi connectivity index (χ2n) is 7.38. The van der Waals surface area contributed by atoms with Crippen molar-refractivity contribution in [1.29, 1.82) is 0 Å². The molecule has 4 nitrogen and oxygen atoms in total. The van der Waals surface area contributed by atoms with E-state index in [1.807, 2.05) is 6.07 Å². The fourth-order valence-corrected chi connectivity index (χ4v) is 4.71. The van der Waals surface area contributed by atoms with Crippen LogP contribution in [0.25, 0.3) is 0 Å². The summed E-state index contributed by atoms with van der Waals surface area (Å²) < 4.78 is 10.7. The number of hydrogen-bond donors (Lipinski definition) is 0. The van der Waals surface area contributed by atoms with Crippen LogP contribution in [0.5, 0.6) is 11.5 Å². The lowest BCUT2D eigenvalue weighted by Gasteiger charge is -2.49. The van der Waals surface area contributed by atoms with Crippen molar-refractivity contribution in [3.8, 4) is 11.5 Å². The summed E-state index contributed by atoms with van der Waals surface area (Å²) in [5, 5.41) is 0.664. The summed E-state index contributed by atoms with van der Waals surface area (Å²) in [6, 6.07) is 15.8. The van der Waals surface area contributed by atoms with Gasteiger partial charge in [-0.3, -0.25) is 4.90 Å². The minimum atomic E-state index is 0.511. The van der Waals surface area contributed by atoms with Crippen LogP contribution in [0, 0.1) is 0 Å². The smallest absolute Gasteiger partial charge is 0.139 e. The maximum Gasteiger partial charge on any atom is 0.139 e. The number of anilines is 1. The third-order valence-electron chi connectivity index (χ3n) is 5.94. The van der Waals surface area contributed by atoms with E-state index in [0.29, 0.717) is 17.1 Å².